The minimum Gasteiger partial charge on any atom is -0.494 e. The maximum Gasteiger partial charge on any atom is 0.264 e. The number of benzene rings is 4. The van der Waals surface area contributed by atoms with Crippen LogP contribution in [0.2, 0.25) is 5.02 Å². The van der Waals surface area contributed by atoms with Crippen LogP contribution in [0.4, 0.5) is 5.69 Å². The summed E-state index contributed by atoms with van der Waals surface area (Å²) in [7, 11) is -4.18. The number of nitrogens with one attached hydrogen (secondary N) is 1. The van der Waals surface area contributed by atoms with Crippen LogP contribution in [0.1, 0.15) is 43.7 Å². The van der Waals surface area contributed by atoms with Crippen molar-refractivity contribution in [2.24, 2.45) is 0 Å². The zero-order valence-corrected chi connectivity index (χ0v) is 28.0. The number of hydrogen-bond donors (Lipinski definition) is 1. The van der Waals surface area contributed by atoms with E-state index in [2.05, 4.69) is 5.32 Å². The summed E-state index contributed by atoms with van der Waals surface area (Å²) < 4.78 is 35.0. The van der Waals surface area contributed by atoms with E-state index in [-0.39, 0.29) is 29.8 Å². The summed E-state index contributed by atoms with van der Waals surface area (Å²) >= 11 is 6.18. The van der Waals surface area contributed by atoms with Crippen LogP contribution in [0.15, 0.2) is 114 Å². The molecule has 0 aromatic heterocycles. The van der Waals surface area contributed by atoms with Gasteiger partial charge in [0.15, 0.2) is 0 Å². The first-order valence-corrected chi connectivity index (χ1v) is 17.7. The molecular weight excluding hydrogens is 634 g/mol. The number of rotatable bonds is 14. The van der Waals surface area contributed by atoms with E-state index in [0.717, 1.165) is 41.1 Å². The van der Waals surface area contributed by atoms with E-state index < -0.39 is 28.5 Å². The summed E-state index contributed by atoms with van der Waals surface area (Å²) in [6.45, 7) is 1.87. The van der Waals surface area contributed by atoms with Gasteiger partial charge >= 0.3 is 0 Å². The summed E-state index contributed by atoms with van der Waals surface area (Å²) in [6, 6.07) is 30.4. The lowest BCUT2D eigenvalue weighted by molar-refractivity contribution is -0.140. The summed E-state index contributed by atoms with van der Waals surface area (Å²) in [5.74, 6) is -0.201. The molecule has 246 valence electrons. The zero-order valence-electron chi connectivity index (χ0n) is 26.4. The van der Waals surface area contributed by atoms with Crippen LogP contribution < -0.4 is 14.4 Å². The highest BCUT2D eigenvalue weighted by atomic mass is 35.5. The first kappa shape index (κ1) is 34.0. The standard InChI is InChI=1S/C37H40ClN3O5S/c1-2-46-33-23-21-32(22-24-33)41(47(44,45)34-15-7-4-8-16-34)27-36(42)40(26-29-17-19-30(38)20-18-29)35(25-28-11-5-3-6-12-28)37(43)39-31-13-9-10-14-31/h3-8,11-12,15-24,31,35H,2,9-10,13-14,25-27H2,1H3,(H,39,43)/t35-/m0/s1. The van der Waals surface area contributed by atoms with Crippen molar-refractivity contribution in [2.75, 3.05) is 17.5 Å². The molecule has 1 saturated carbocycles. The molecule has 47 heavy (non-hydrogen) atoms. The van der Waals surface area contributed by atoms with E-state index in [1.807, 2.05) is 49.4 Å². The molecule has 4 aromatic rings. The molecule has 0 heterocycles. The zero-order chi connectivity index (χ0) is 33.2. The first-order valence-electron chi connectivity index (χ1n) is 15.9. The van der Waals surface area contributed by atoms with Crippen LogP contribution in [-0.4, -0.2) is 50.4 Å². The lowest BCUT2D eigenvalue weighted by Crippen LogP contribution is -2.54. The maximum absolute atomic E-state index is 14.6. The van der Waals surface area contributed by atoms with E-state index in [0.29, 0.717) is 23.1 Å². The van der Waals surface area contributed by atoms with Gasteiger partial charge in [-0.05, 0) is 79.4 Å². The number of amides is 2. The van der Waals surface area contributed by atoms with Gasteiger partial charge in [0.25, 0.3) is 10.0 Å². The second-order valence-corrected chi connectivity index (χ2v) is 13.9. The molecule has 1 fully saturated rings. The van der Waals surface area contributed by atoms with Crippen LogP contribution >= 0.6 is 11.6 Å². The fourth-order valence-corrected chi connectivity index (χ4v) is 7.39. The Morgan fingerprint density at radius 1 is 0.851 bits per heavy atom. The topological polar surface area (TPSA) is 96.0 Å². The summed E-state index contributed by atoms with van der Waals surface area (Å²) in [5, 5.41) is 3.73. The summed E-state index contributed by atoms with van der Waals surface area (Å²) in [6.07, 6.45) is 4.10. The minimum absolute atomic E-state index is 0.0343. The van der Waals surface area contributed by atoms with Crippen LogP contribution in [0.5, 0.6) is 5.75 Å². The van der Waals surface area contributed by atoms with E-state index in [1.165, 1.54) is 17.0 Å². The quantitative estimate of drug-likeness (QED) is 0.162. The Bertz CT molecular complexity index is 1710. The molecule has 8 nitrogen and oxygen atoms in total. The highest BCUT2D eigenvalue weighted by molar-refractivity contribution is 7.92. The molecule has 0 radical (unpaired) electrons. The normalized spacial score (nSPS) is 13.9. The largest absolute Gasteiger partial charge is 0.494 e. The number of carbonyl (C=O) groups excluding carboxylic acids is 2. The molecule has 10 heteroatoms. The van der Waals surface area contributed by atoms with Gasteiger partial charge in [-0.2, -0.15) is 0 Å². The Morgan fingerprint density at radius 2 is 1.47 bits per heavy atom. The maximum atomic E-state index is 14.6. The van der Waals surface area contributed by atoms with Crippen molar-refractivity contribution in [1.82, 2.24) is 10.2 Å². The van der Waals surface area contributed by atoms with E-state index in [1.54, 1.807) is 54.6 Å². The number of sulfonamides is 1. The second kappa shape index (κ2) is 16.0. The fourth-order valence-electron chi connectivity index (χ4n) is 5.83. The van der Waals surface area contributed by atoms with Crippen LogP contribution in [0.25, 0.3) is 0 Å². The van der Waals surface area contributed by atoms with Crippen molar-refractivity contribution in [2.45, 2.75) is 62.6 Å². The third-order valence-corrected chi connectivity index (χ3v) is 10.3. The monoisotopic (exact) mass is 673 g/mol. The van der Waals surface area contributed by atoms with Gasteiger partial charge in [0.2, 0.25) is 11.8 Å². The number of nitrogens with zero attached hydrogens (tertiary/aromatic N) is 2. The van der Waals surface area contributed by atoms with Crippen LogP contribution in [0.3, 0.4) is 0 Å². The van der Waals surface area contributed by atoms with Crippen molar-refractivity contribution in [1.29, 1.82) is 0 Å². The summed E-state index contributed by atoms with van der Waals surface area (Å²) in [4.78, 5) is 30.3. The van der Waals surface area contributed by atoms with Gasteiger partial charge in [0, 0.05) is 24.0 Å². The Hall–Kier alpha value is -4.34. The predicted octanol–water partition coefficient (Wildman–Crippen LogP) is 6.63. The lowest BCUT2D eigenvalue weighted by atomic mass is 10.0. The third kappa shape index (κ3) is 8.93. The van der Waals surface area contributed by atoms with Gasteiger partial charge in [0.05, 0.1) is 17.2 Å². The average Bonchev–Trinajstić information content (AvgIpc) is 3.60. The molecule has 4 aromatic carbocycles. The number of carbonyl (C=O) groups is 2. The van der Waals surface area contributed by atoms with Crippen molar-refractivity contribution in [3.63, 3.8) is 0 Å². The Kier molecular flexibility index (Phi) is 11.6. The SMILES string of the molecule is CCOc1ccc(N(CC(=O)N(Cc2ccc(Cl)cc2)[C@@H](Cc2ccccc2)C(=O)NC2CCCC2)S(=O)(=O)c2ccccc2)cc1. The van der Waals surface area contributed by atoms with Gasteiger partial charge < -0.3 is 15.0 Å². The van der Waals surface area contributed by atoms with Gasteiger partial charge in [-0.15, -0.1) is 0 Å². The Labute approximate surface area is 282 Å². The molecule has 0 aliphatic heterocycles. The van der Waals surface area contributed by atoms with Crippen molar-refractivity contribution in [3.8, 4) is 5.75 Å². The molecule has 0 spiro atoms. The molecule has 1 N–H and O–H groups in total. The van der Waals surface area contributed by atoms with Crippen molar-refractivity contribution >= 4 is 39.1 Å². The van der Waals surface area contributed by atoms with E-state index in [4.69, 9.17) is 16.3 Å². The molecule has 2 amide bonds. The predicted molar refractivity (Wildman–Crippen MR) is 185 cm³/mol. The van der Waals surface area contributed by atoms with Gasteiger partial charge in [-0.1, -0.05) is 85.1 Å². The summed E-state index contributed by atoms with van der Waals surface area (Å²) in [5.41, 5.74) is 1.94. The molecule has 1 aliphatic rings. The molecule has 0 unspecified atom stereocenters. The van der Waals surface area contributed by atoms with E-state index >= 15 is 0 Å². The van der Waals surface area contributed by atoms with Crippen LogP contribution in [-0.2, 0) is 32.6 Å². The van der Waals surface area contributed by atoms with Crippen molar-refractivity contribution in [3.05, 3.63) is 125 Å². The highest BCUT2D eigenvalue weighted by Gasteiger charge is 2.35. The van der Waals surface area contributed by atoms with E-state index in [9.17, 15) is 18.0 Å². The molecule has 1 atom stereocenters. The first-order chi connectivity index (χ1) is 22.7. The van der Waals surface area contributed by atoms with Crippen molar-refractivity contribution < 1.29 is 22.7 Å². The van der Waals surface area contributed by atoms with Gasteiger partial charge in [0.1, 0.15) is 18.3 Å². The number of hydrogen-bond acceptors (Lipinski definition) is 5. The third-order valence-electron chi connectivity index (χ3n) is 8.28. The van der Waals surface area contributed by atoms with Gasteiger partial charge in [-0.3, -0.25) is 13.9 Å². The fraction of sp³-hybridized carbons (Fsp3) is 0.297. The number of ether oxygens (including phenoxy) is 1. The number of anilines is 1. The Morgan fingerprint density at radius 3 is 2.09 bits per heavy atom. The van der Waals surface area contributed by atoms with Gasteiger partial charge in [-0.25, -0.2) is 8.42 Å². The molecule has 1 aliphatic carbocycles. The minimum atomic E-state index is -4.18. The highest BCUT2D eigenvalue weighted by Crippen LogP contribution is 2.27. The smallest absolute Gasteiger partial charge is 0.264 e. The molecular formula is C37H40ClN3O5S. The molecule has 0 bridgehead atoms. The number of halogens is 1. The molecule has 5 rings (SSSR count). The second-order valence-electron chi connectivity index (χ2n) is 11.6. The molecule has 0 saturated heterocycles. The Balaban J connectivity index is 1.55. The van der Waals surface area contributed by atoms with Crippen LogP contribution in [0, 0.1) is 0 Å². The lowest BCUT2D eigenvalue weighted by Gasteiger charge is -2.34. The average molecular weight is 674 g/mol.